The highest BCUT2D eigenvalue weighted by molar-refractivity contribution is 5.87. The number of fused-ring (bicyclic) bond motifs is 2. The smallest absolute Gasteiger partial charge is 0.224 e. The third-order valence-corrected chi connectivity index (χ3v) is 5.48. The molecule has 1 atom stereocenters. The molecule has 2 aromatic heterocycles. The number of hydrogen-bond acceptors (Lipinski definition) is 2. The van der Waals surface area contributed by atoms with Crippen molar-refractivity contribution in [3.05, 3.63) is 65.5 Å². The van der Waals surface area contributed by atoms with E-state index in [2.05, 4.69) is 53.4 Å². The van der Waals surface area contributed by atoms with Crippen LogP contribution in [-0.4, -0.2) is 15.9 Å². The van der Waals surface area contributed by atoms with Crippen LogP contribution >= 0.6 is 0 Å². The van der Waals surface area contributed by atoms with Crippen molar-refractivity contribution in [1.29, 1.82) is 0 Å². The van der Waals surface area contributed by atoms with Crippen LogP contribution in [0.25, 0.3) is 11.0 Å². The number of pyridine rings is 1. The first-order chi connectivity index (χ1) is 12.5. The zero-order chi connectivity index (χ0) is 18.1. The third kappa shape index (κ3) is 3.36. The number of H-pyrrole nitrogens is 1. The Morgan fingerprint density at radius 2 is 2.12 bits per heavy atom. The van der Waals surface area contributed by atoms with Crippen molar-refractivity contribution in [2.45, 2.75) is 45.6 Å². The Labute approximate surface area is 154 Å². The van der Waals surface area contributed by atoms with Crippen molar-refractivity contribution in [3.8, 4) is 0 Å². The van der Waals surface area contributed by atoms with Crippen LogP contribution in [0.2, 0.25) is 0 Å². The summed E-state index contributed by atoms with van der Waals surface area (Å²) in [4.78, 5) is 20.3. The van der Waals surface area contributed by atoms with Crippen molar-refractivity contribution >= 4 is 16.9 Å². The Hall–Kier alpha value is -2.62. The number of aryl methyl sites for hydroxylation is 1. The number of rotatable bonds is 3. The summed E-state index contributed by atoms with van der Waals surface area (Å²) in [5.74, 6) is 0.0623. The number of carbonyl (C=O) groups excluding carboxylic acids is 1. The molecule has 4 nitrogen and oxygen atoms in total. The van der Waals surface area contributed by atoms with Crippen molar-refractivity contribution < 1.29 is 4.79 Å². The first kappa shape index (κ1) is 16.8. The topological polar surface area (TPSA) is 57.8 Å². The van der Waals surface area contributed by atoms with Gasteiger partial charge < -0.3 is 10.3 Å². The monoisotopic (exact) mass is 347 g/mol. The standard InChI is InChI=1S/C22H25N3O/c1-22(2)10-9-15-6-3-4-7-17(15)19(13-22)25-20(26)12-16-14-24-21-18(16)8-5-11-23-21/h3-8,11,14,19H,9-10,12-13H2,1-2H3,(H,23,24)(H,25,26)/t19-/m1/s1. The fourth-order valence-electron chi connectivity index (χ4n) is 4.05. The fraction of sp³-hybridized carbons (Fsp3) is 0.364. The highest BCUT2D eigenvalue weighted by Gasteiger charge is 2.30. The van der Waals surface area contributed by atoms with Crippen LogP contribution in [0.4, 0.5) is 0 Å². The summed E-state index contributed by atoms with van der Waals surface area (Å²) in [6.45, 7) is 4.59. The average molecular weight is 347 g/mol. The van der Waals surface area contributed by atoms with E-state index in [0.717, 1.165) is 35.9 Å². The minimum absolute atomic E-state index is 0.0623. The molecule has 0 radical (unpaired) electrons. The quantitative estimate of drug-likeness (QED) is 0.693. The van der Waals surface area contributed by atoms with Crippen molar-refractivity contribution in [2.24, 2.45) is 5.41 Å². The van der Waals surface area contributed by atoms with E-state index in [0.29, 0.717) is 6.42 Å². The molecular formula is C22H25N3O. The molecule has 2 N–H and O–H groups in total. The van der Waals surface area contributed by atoms with Gasteiger partial charge in [0.2, 0.25) is 5.91 Å². The average Bonchev–Trinajstić information content (AvgIpc) is 2.97. The van der Waals surface area contributed by atoms with E-state index in [-0.39, 0.29) is 17.4 Å². The van der Waals surface area contributed by atoms with Crippen LogP contribution in [0.3, 0.4) is 0 Å². The van der Waals surface area contributed by atoms with E-state index < -0.39 is 0 Å². The van der Waals surface area contributed by atoms with Gasteiger partial charge in [0.05, 0.1) is 12.5 Å². The maximum Gasteiger partial charge on any atom is 0.224 e. The Morgan fingerprint density at radius 3 is 3.00 bits per heavy atom. The number of aromatic amines is 1. The molecule has 0 aliphatic heterocycles. The van der Waals surface area contributed by atoms with Gasteiger partial charge in [0, 0.05) is 17.8 Å². The molecule has 26 heavy (non-hydrogen) atoms. The van der Waals surface area contributed by atoms with Crippen molar-refractivity contribution in [2.75, 3.05) is 0 Å². The van der Waals surface area contributed by atoms with Crippen LogP contribution in [0.1, 0.15) is 49.4 Å². The normalized spacial score (nSPS) is 18.9. The minimum atomic E-state index is 0.0623. The molecular weight excluding hydrogens is 322 g/mol. The van der Waals surface area contributed by atoms with Crippen LogP contribution in [0, 0.1) is 5.41 Å². The van der Waals surface area contributed by atoms with Gasteiger partial charge in [-0.3, -0.25) is 4.79 Å². The largest absolute Gasteiger partial charge is 0.349 e. The molecule has 3 aromatic rings. The highest BCUT2D eigenvalue weighted by Crippen LogP contribution is 2.39. The zero-order valence-electron chi connectivity index (χ0n) is 15.4. The summed E-state index contributed by atoms with van der Waals surface area (Å²) in [5.41, 5.74) is 4.66. The third-order valence-electron chi connectivity index (χ3n) is 5.48. The second kappa shape index (κ2) is 6.60. The molecule has 4 heteroatoms. The second-order valence-corrected chi connectivity index (χ2v) is 8.08. The summed E-state index contributed by atoms with van der Waals surface area (Å²) in [5, 5.41) is 4.32. The van der Waals surface area contributed by atoms with E-state index in [1.807, 2.05) is 18.3 Å². The number of nitrogens with one attached hydrogen (secondary N) is 2. The van der Waals surface area contributed by atoms with Gasteiger partial charge in [-0.15, -0.1) is 0 Å². The predicted octanol–water partition coefficient (Wildman–Crippen LogP) is 4.33. The lowest BCUT2D eigenvalue weighted by Gasteiger charge is -2.27. The summed E-state index contributed by atoms with van der Waals surface area (Å²) in [6, 6.07) is 12.5. The van der Waals surface area contributed by atoms with Crippen LogP contribution in [0.15, 0.2) is 48.8 Å². The minimum Gasteiger partial charge on any atom is -0.349 e. The molecule has 0 saturated carbocycles. The van der Waals surface area contributed by atoms with Gasteiger partial charge in [-0.1, -0.05) is 38.1 Å². The number of nitrogens with zero attached hydrogens (tertiary/aromatic N) is 1. The van der Waals surface area contributed by atoms with Gasteiger partial charge in [-0.25, -0.2) is 4.98 Å². The fourth-order valence-corrected chi connectivity index (χ4v) is 4.05. The summed E-state index contributed by atoms with van der Waals surface area (Å²) >= 11 is 0. The predicted molar refractivity (Wildman–Crippen MR) is 104 cm³/mol. The van der Waals surface area contributed by atoms with Gasteiger partial charge >= 0.3 is 0 Å². The lowest BCUT2D eigenvalue weighted by molar-refractivity contribution is -0.121. The van der Waals surface area contributed by atoms with E-state index in [9.17, 15) is 4.79 Å². The Bertz CT molecular complexity index is 941. The highest BCUT2D eigenvalue weighted by atomic mass is 16.1. The van der Waals surface area contributed by atoms with Gasteiger partial charge in [0.1, 0.15) is 5.65 Å². The second-order valence-electron chi connectivity index (χ2n) is 8.08. The van der Waals surface area contributed by atoms with Gasteiger partial charge in [-0.2, -0.15) is 0 Å². The maximum absolute atomic E-state index is 12.8. The van der Waals surface area contributed by atoms with Crippen LogP contribution in [-0.2, 0) is 17.6 Å². The Kier molecular flexibility index (Phi) is 4.27. The molecule has 1 aliphatic rings. The number of hydrogen-bond donors (Lipinski definition) is 2. The molecule has 0 bridgehead atoms. The van der Waals surface area contributed by atoms with E-state index in [4.69, 9.17) is 0 Å². The molecule has 1 aliphatic carbocycles. The zero-order valence-corrected chi connectivity index (χ0v) is 15.4. The lowest BCUT2D eigenvalue weighted by atomic mass is 9.83. The van der Waals surface area contributed by atoms with Gasteiger partial charge in [0.25, 0.3) is 0 Å². The molecule has 4 rings (SSSR count). The van der Waals surface area contributed by atoms with Gasteiger partial charge in [-0.05, 0) is 53.5 Å². The summed E-state index contributed by atoms with van der Waals surface area (Å²) in [7, 11) is 0. The molecule has 1 amide bonds. The molecule has 1 aromatic carbocycles. The first-order valence-electron chi connectivity index (χ1n) is 9.30. The molecule has 134 valence electrons. The number of benzene rings is 1. The molecule has 0 saturated heterocycles. The molecule has 0 unspecified atom stereocenters. The number of carbonyl (C=O) groups is 1. The molecule has 0 fully saturated rings. The molecule has 0 spiro atoms. The Balaban J connectivity index is 1.56. The maximum atomic E-state index is 12.8. The Morgan fingerprint density at radius 1 is 1.27 bits per heavy atom. The van der Waals surface area contributed by atoms with Gasteiger partial charge in [0.15, 0.2) is 0 Å². The van der Waals surface area contributed by atoms with Crippen LogP contribution < -0.4 is 5.32 Å². The van der Waals surface area contributed by atoms with E-state index in [1.165, 1.54) is 11.1 Å². The number of amides is 1. The first-order valence-corrected chi connectivity index (χ1v) is 9.30. The number of aromatic nitrogens is 2. The van der Waals surface area contributed by atoms with Crippen molar-refractivity contribution in [3.63, 3.8) is 0 Å². The SMILES string of the molecule is CC1(C)CCc2ccccc2[C@H](NC(=O)Cc2c[nH]c3ncccc23)C1. The summed E-state index contributed by atoms with van der Waals surface area (Å²) in [6.07, 6.45) is 7.19. The van der Waals surface area contributed by atoms with E-state index >= 15 is 0 Å². The van der Waals surface area contributed by atoms with Crippen LogP contribution in [0.5, 0.6) is 0 Å². The molecule has 2 heterocycles. The lowest BCUT2D eigenvalue weighted by Crippen LogP contribution is -2.32. The van der Waals surface area contributed by atoms with E-state index in [1.54, 1.807) is 6.20 Å². The summed E-state index contributed by atoms with van der Waals surface area (Å²) < 4.78 is 0. The van der Waals surface area contributed by atoms with Crippen molar-refractivity contribution in [1.82, 2.24) is 15.3 Å².